The van der Waals surface area contributed by atoms with E-state index in [2.05, 4.69) is 15.3 Å². The molecule has 1 saturated heterocycles. The standard InChI is InChI=1S/C20H25N5O3/c21-8-16-9-22-10-17(24-16)23-15-1-2-25(11-15)19(26)28-18-13-3-12-4-14(18)7-20(27,5-12)6-13/h9-10,12-15,18,27H,1-7,11H2,(H,23,24). The molecule has 2 N–H and O–H groups in total. The van der Waals surface area contributed by atoms with Crippen LogP contribution in [0.15, 0.2) is 12.4 Å². The summed E-state index contributed by atoms with van der Waals surface area (Å²) in [6.07, 6.45) is 8.14. The Morgan fingerprint density at radius 2 is 2.11 bits per heavy atom. The highest BCUT2D eigenvalue weighted by Crippen LogP contribution is 2.56. The zero-order valence-electron chi connectivity index (χ0n) is 15.8. The summed E-state index contributed by atoms with van der Waals surface area (Å²) in [4.78, 5) is 22.7. The number of likely N-dealkylation sites (tertiary alicyclic amines) is 1. The number of hydrogen-bond donors (Lipinski definition) is 2. The molecule has 1 amide bonds. The smallest absolute Gasteiger partial charge is 0.410 e. The number of carbonyl (C=O) groups is 1. The van der Waals surface area contributed by atoms with Gasteiger partial charge in [-0.25, -0.2) is 9.78 Å². The van der Waals surface area contributed by atoms with Crippen LogP contribution in [0.4, 0.5) is 10.6 Å². The molecule has 148 valence electrons. The molecule has 4 bridgehead atoms. The van der Waals surface area contributed by atoms with Crippen LogP contribution in [-0.4, -0.2) is 56.9 Å². The van der Waals surface area contributed by atoms with E-state index in [4.69, 9.17) is 10.00 Å². The molecule has 4 saturated carbocycles. The maximum absolute atomic E-state index is 12.8. The van der Waals surface area contributed by atoms with Crippen LogP contribution in [0.1, 0.15) is 44.2 Å². The largest absolute Gasteiger partial charge is 0.446 e. The Kier molecular flexibility index (Phi) is 4.16. The molecule has 8 nitrogen and oxygen atoms in total. The Labute approximate surface area is 163 Å². The second-order valence-electron chi connectivity index (χ2n) is 9.02. The van der Waals surface area contributed by atoms with Crippen molar-refractivity contribution in [3.8, 4) is 6.07 Å². The van der Waals surface area contributed by atoms with Gasteiger partial charge in [0.15, 0.2) is 5.69 Å². The second kappa shape index (κ2) is 6.59. The van der Waals surface area contributed by atoms with Crippen molar-refractivity contribution in [1.29, 1.82) is 5.26 Å². The quantitative estimate of drug-likeness (QED) is 0.820. The summed E-state index contributed by atoms with van der Waals surface area (Å²) in [6, 6.07) is 2.04. The fourth-order valence-electron chi connectivity index (χ4n) is 6.06. The number of nitrogens with zero attached hydrogens (tertiary/aromatic N) is 4. The van der Waals surface area contributed by atoms with E-state index >= 15 is 0 Å². The average Bonchev–Trinajstić information content (AvgIpc) is 3.12. The van der Waals surface area contributed by atoms with Gasteiger partial charge in [0.25, 0.3) is 0 Å². The monoisotopic (exact) mass is 383 g/mol. The lowest BCUT2D eigenvalue weighted by Crippen LogP contribution is -2.58. The number of aromatic nitrogens is 2. The van der Waals surface area contributed by atoms with Crippen LogP contribution in [0.5, 0.6) is 0 Å². The van der Waals surface area contributed by atoms with Gasteiger partial charge >= 0.3 is 6.09 Å². The number of amides is 1. The molecule has 1 aromatic heterocycles. The molecule has 5 aliphatic rings. The summed E-state index contributed by atoms with van der Waals surface area (Å²) in [5.74, 6) is 1.76. The van der Waals surface area contributed by atoms with Crippen molar-refractivity contribution in [1.82, 2.24) is 14.9 Å². The van der Waals surface area contributed by atoms with Crippen molar-refractivity contribution in [3.63, 3.8) is 0 Å². The predicted molar refractivity (Wildman–Crippen MR) is 99.1 cm³/mol. The normalized spacial score (nSPS) is 38.3. The van der Waals surface area contributed by atoms with Gasteiger partial charge in [0.05, 0.1) is 18.0 Å². The summed E-state index contributed by atoms with van der Waals surface area (Å²) in [6.45, 7) is 1.18. The number of aliphatic hydroxyl groups is 1. The van der Waals surface area contributed by atoms with Gasteiger partial charge in [0, 0.05) is 19.1 Å². The van der Waals surface area contributed by atoms with Crippen molar-refractivity contribution in [2.45, 2.75) is 56.3 Å². The van der Waals surface area contributed by atoms with Gasteiger partial charge in [-0.3, -0.25) is 4.98 Å². The molecule has 5 fully saturated rings. The Balaban J connectivity index is 1.18. The molecule has 2 heterocycles. The maximum atomic E-state index is 12.8. The van der Waals surface area contributed by atoms with E-state index in [0.29, 0.717) is 36.7 Å². The fourth-order valence-corrected chi connectivity index (χ4v) is 6.06. The fraction of sp³-hybridized carbons (Fsp3) is 0.700. The van der Waals surface area contributed by atoms with Gasteiger partial charge in [0.2, 0.25) is 0 Å². The first-order valence-electron chi connectivity index (χ1n) is 10.2. The Hall–Kier alpha value is -2.40. The highest BCUT2D eigenvalue weighted by atomic mass is 16.6. The minimum absolute atomic E-state index is 0.0467. The highest BCUT2D eigenvalue weighted by molar-refractivity contribution is 5.68. The molecule has 6 rings (SSSR count). The molecule has 0 aromatic carbocycles. The third-order valence-electron chi connectivity index (χ3n) is 6.94. The van der Waals surface area contributed by atoms with Crippen molar-refractivity contribution >= 4 is 11.9 Å². The molecule has 28 heavy (non-hydrogen) atoms. The molecule has 0 radical (unpaired) electrons. The molecule has 4 aliphatic carbocycles. The number of anilines is 1. The number of ether oxygens (including phenoxy) is 1. The Morgan fingerprint density at radius 3 is 2.82 bits per heavy atom. The topological polar surface area (TPSA) is 111 Å². The zero-order chi connectivity index (χ0) is 19.3. The minimum atomic E-state index is -0.513. The number of rotatable bonds is 3. The van der Waals surface area contributed by atoms with Crippen molar-refractivity contribution < 1.29 is 14.6 Å². The van der Waals surface area contributed by atoms with Crippen molar-refractivity contribution in [2.24, 2.45) is 17.8 Å². The van der Waals surface area contributed by atoms with E-state index in [1.165, 1.54) is 6.20 Å². The van der Waals surface area contributed by atoms with Gasteiger partial charge in [-0.2, -0.15) is 5.26 Å². The summed E-state index contributed by atoms with van der Waals surface area (Å²) >= 11 is 0. The Bertz CT molecular complexity index is 808. The molecule has 0 spiro atoms. The van der Waals surface area contributed by atoms with Gasteiger partial charge in [-0.05, 0) is 56.3 Å². The van der Waals surface area contributed by atoms with E-state index in [0.717, 1.165) is 38.5 Å². The first kappa shape index (κ1) is 17.7. The molecule has 1 aliphatic heterocycles. The summed E-state index contributed by atoms with van der Waals surface area (Å²) < 4.78 is 5.97. The zero-order valence-corrected chi connectivity index (χ0v) is 15.8. The average molecular weight is 383 g/mol. The van der Waals surface area contributed by atoms with Gasteiger partial charge < -0.3 is 20.1 Å². The first-order chi connectivity index (χ1) is 13.5. The van der Waals surface area contributed by atoms with Crippen LogP contribution in [0.25, 0.3) is 0 Å². The number of nitrogens with one attached hydrogen (secondary N) is 1. The third kappa shape index (κ3) is 3.18. The lowest BCUT2D eigenvalue weighted by molar-refractivity contribution is -0.177. The second-order valence-corrected chi connectivity index (χ2v) is 9.02. The molecular weight excluding hydrogens is 358 g/mol. The van der Waals surface area contributed by atoms with Crippen LogP contribution >= 0.6 is 0 Å². The van der Waals surface area contributed by atoms with Crippen molar-refractivity contribution in [3.05, 3.63) is 18.1 Å². The highest BCUT2D eigenvalue weighted by Gasteiger charge is 2.56. The first-order valence-corrected chi connectivity index (χ1v) is 10.2. The molecular formula is C20H25N5O3. The number of nitriles is 1. The Morgan fingerprint density at radius 1 is 1.32 bits per heavy atom. The molecule has 3 atom stereocenters. The molecule has 3 unspecified atom stereocenters. The number of carbonyl (C=O) groups excluding carboxylic acids is 1. The summed E-state index contributed by atoms with van der Waals surface area (Å²) in [5, 5.41) is 22.9. The van der Waals surface area contributed by atoms with E-state index < -0.39 is 5.60 Å². The van der Waals surface area contributed by atoms with E-state index in [9.17, 15) is 9.90 Å². The lowest BCUT2D eigenvalue weighted by atomic mass is 9.53. The van der Waals surface area contributed by atoms with Crippen molar-refractivity contribution in [2.75, 3.05) is 18.4 Å². The predicted octanol–water partition coefficient (Wildman–Crippen LogP) is 1.91. The van der Waals surface area contributed by atoms with Crippen LogP contribution in [0.2, 0.25) is 0 Å². The van der Waals surface area contributed by atoms with Gasteiger partial charge in [0.1, 0.15) is 18.0 Å². The summed E-state index contributed by atoms with van der Waals surface area (Å²) in [7, 11) is 0. The third-order valence-corrected chi connectivity index (χ3v) is 6.94. The molecule has 8 heteroatoms. The van der Waals surface area contributed by atoms with Crippen LogP contribution in [-0.2, 0) is 4.74 Å². The number of hydrogen-bond acceptors (Lipinski definition) is 7. The van der Waals surface area contributed by atoms with Gasteiger partial charge in [-0.15, -0.1) is 0 Å². The lowest BCUT2D eigenvalue weighted by Gasteiger charge is -2.57. The minimum Gasteiger partial charge on any atom is -0.446 e. The maximum Gasteiger partial charge on any atom is 0.410 e. The van der Waals surface area contributed by atoms with Crippen LogP contribution < -0.4 is 5.32 Å². The van der Waals surface area contributed by atoms with E-state index in [-0.39, 0.29) is 23.9 Å². The summed E-state index contributed by atoms with van der Waals surface area (Å²) in [5.41, 5.74) is -0.246. The van der Waals surface area contributed by atoms with E-state index in [1.807, 2.05) is 6.07 Å². The van der Waals surface area contributed by atoms with Crippen LogP contribution in [0, 0.1) is 29.1 Å². The van der Waals surface area contributed by atoms with Crippen LogP contribution in [0.3, 0.4) is 0 Å². The SMILES string of the molecule is N#Cc1cncc(NC2CCN(C(=O)OC3C4CC5CC3CC(O)(C5)C4)C2)n1. The van der Waals surface area contributed by atoms with Gasteiger partial charge in [-0.1, -0.05) is 0 Å². The van der Waals surface area contributed by atoms with E-state index in [1.54, 1.807) is 11.1 Å². The molecule has 1 aromatic rings.